The molecule has 2 rings (SSSR count). The van der Waals surface area contributed by atoms with E-state index < -0.39 is 5.60 Å². The Bertz CT molecular complexity index is 632. The second kappa shape index (κ2) is 7.85. The summed E-state index contributed by atoms with van der Waals surface area (Å²) in [4.78, 5) is 26.0. The largest absolute Gasteiger partial charge is 0.444 e. The fourth-order valence-electron chi connectivity index (χ4n) is 2.73. The number of nitrogens with one attached hydrogen (secondary N) is 1. The van der Waals surface area contributed by atoms with Gasteiger partial charge in [0.15, 0.2) is 0 Å². The van der Waals surface area contributed by atoms with Gasteiger partial charge in [0.2, 0.25) is 5.91 Å². The second-order valence-corrected chi connectivity index (χ2v) is 7.54. The molecule has 1 fully saturated rings. The van der Waals surface area contributed by atoms with Crippen LogP contribution >= 0.6 is 0 Å². The number of nitrogens with zero attached hydrogens (tertiary/aromatic N) is 1. The first-order valence-electron chi connectivity index (χ1n) is 8.66. The normalized spacial score (nSPS) is 15.8. The lowest BCUT2D eigenvalue weighted by molar-refractivity contribution is -0.126. The molecule has 0 unspecified atom stereocenters. The molecule has 0 aliphatic carbocycles. The van der Waals surface area contributed by atoms with Crippen molar-refractivity contribution in [1.29, 1.82) is 0 Å². The van der Waals surface area contributed by atoms with E-state index in [0.717, 1.165) is 5.56 Å². The Morgan fingerprint density at radius 3 is 2.48 bits per heavy atom. The Kier molecular flexibility index (Phi) is 6.03. The van der Waals surface area contributed by atoms with Crippen LogP contribution in [0.4, 0.5) is 9.18 Å². The number of halogens is 1. The number of likely N-dealkylation sites (tertiary alicyclic amines) is 1. The predicted octanol–water partition coefficient (Wildman–Crippen LogP) is 3.40. The molecule has 0 spiro atoms. The van der Waals surface area contributed by atoms with Crippen molar-refractivity contribution in [2.75, 3.05) is 13.1 Å². The van der Waals surface area contributed by atoms with Gasteiger partial charge in [-0.05, 0) is 57.7 Å². The van der Waals surface area contributed by atoms with Crippen molar-refractivity contribution in [2.24, 2.45) is 5.92 Å². The molecule has 0 aromatic heterocycles. The van der Waals surface area contributed by atoms with Gasteiger partial charge < -0.3 is 15.0 Å². The average Bonchev–Trinajstić information content (AvgIpc) is 2.54. The zero-order valence-electron chi connectivity index (χ0n) is 15.4. The molecule has 5 nitrogen and oxygen atoms in total. The second-order valence-electron chi connectivity index (χ2n) is 7.54. The van der Waals surface area contributed by atoms with Gasteiger partial charge in [0, 0.05) is 25.6 Å². The number of carbonyl (C=O) groups is 2. The van der Waals surface area contributed by atoms with E-state index >= 15 is 0 Å². The Labute approximate surface area is 148 Å². The summed E-state index contributed by atoms with van der Waals surface area (Å²) in [6.07, 6.45) is 0.877. The van der Waals surface area contributed by atoms with E-state index in [0.29, 0.717) is 38.0 Å². The Balaban J connectivity index is 1.79. The van der Waals surface area contributed by atoms with Gasteiger partial charge in [-0.3, -0.25) is 4.79 Å². The lowest BCUT2D eigenvalue weighted by Gasteiger charge is -2.32. The molecule has 138 valence electrons. The molecule has 1 aliphatic heterocycles. The van der Waals surface area contributed by atoms with Gasteiger partial charge >= 0.3 is 6.09 Å². The molecule has 25 heavy (non-hydrogen) atoms. The summed E-state index contributed by atoms with van der Waals surface area (Å²) in [5, 5.41) is 2.86. The van der Waals surface area contributed by atoms with E-state index in [4.69, 9.17) is 4.74 Å². The highest BCUT2D eigenvalue weighted by molar-refractivity contribution is 5.79. The summed E-state index contributed by atoms with van der Waals surface area (Å²) in [7, 11) is 0. The smallest absolute Gasteiger partial charge is 0.410 e. The minimum absolute atomic E-state index is 0.0511. The number of hydrogen-bond acceptors (Lipinski definition) is 3. The molecule has 0 radical (unpaired) electrons. The van der Waals surface area contributed by atoms with Crippen molar-refractivity contribution in [3.63, 3.8) is 0 Å². The molecule has 1 N–H and O–H groups in total. The number of ether oxygens (including phenoxy) is 1. The third-order valence-corrected chi connectivity index (χ3v) is 4.22. The first-order valence-corrected chi connectivity index (χ1v) is 8.66. The quantitative estimate of drug-likeness (QED) is 0.909. The van der Waals surface area contributed by atoms with E-state index in [2.05, 4.69) is 5.32 Å². The minimum atomic E-state index is -0.519. The highest BCUT2D eigenvalue weighted by Gasteiger charge is 2.29. The van der Waals surface area contributed by atoms with Gasteiger partial charge in [-0.25, -0.2) is 9.18 Å². The van der Waals surface area contributed by atoms with Crippen molar-refractivity contribution in [3.05, 3.63) is 35.1 Å². The van der Waals surface area contributed by atoms with Gasteiger partial charge in [0.1, 0.15) is 11.4 Å². The number of rotatable bonds is 3. The summed E-state index contributed by atoms with van der Waals surface area (Å²) in [6, 6.07) is 4.96. The summed E-state index contributed by atoms with van der Waals surface area (Å²) < 4.78 is 18.9. The predicted molar refractivity (Wildman–Crippen MR) is 93.5 cm³/mol. The number of hydrogen-bond donors (Lipinski definition) is 1. The monoisotopic (exact) mass is 350 g/mol. The minimum Gasteiger partial charge on any atom is -0.444 e. The molecular weight excluding hydrogens is 323 g/mol. The van der Waals surface area contributed by atoms with Crippen LogP contribution in [0.15, 0.2) is 18.2 Å². The van der Waals surface area contributed by atoms with Gasteiger partial charge in [0.25, 0.3) is 0 Å². The van der Waals surface area contributed by atoms with Crippen LogP contribution in [0.5, 0.6) is 0 Å². The number of carbonyl (C=O) groups excluding carboxylic acids is 2. The zero-order valence-corrected chi connectivity index (χ0v) is 15.4. The number of benzene rings is 1. The van der Waals surface area contributed by atoms with Crippen molar-refractivity contribution in [3.8, 4) is 0 Å². The van der Waals surface area contributed by atoms with Crippen molar-refractivity contribution in [2.45, 2.75) is 52.7 Å². The molecule has 1 aromatic carbocycles. The zero-order chi connectivity index (χ0) is 18.6. The lowest BCUT2D eigenvalue weighted by Crippen LogP contribution is -2.44. The highest BCUT2D eigenvalue weighted by atomic mass is 19.1. The molecule has 6 heteroatoms. The summed E-state index contributed by atoms with van der Waals surface area (Å²) in [5.41, 5.74) is 0.807. The van der Waals surface area contributed by atoms with Crippen molar-refractivity contribution < 1.29 is 18.7 Å². The van der Waals surface area contributed by atoms with E-state index in [1.54, 1.807) is 17.9 Å². The molecule has 0 bridgehead atoms. The van der Waals surface area contributed by atoms with Crippen LogP contribution in [-0.2, 0) is 16.1 Å². The first-order chi connectivity index (χ1) is 11.7. The van der Waals surface area contributed by atoms with Crippen molar-refractivity contribution >= 4 is 12.0 Å². The third-order valence-electron chi connectivity index (χ3n) is 4.22. The van der Waals surface area contributed by atoms with E-state index in [1.165, 1.54) is 6.07 Å². The highest BCUT2D eigenvalue weighted by Crippen LogP contribution is 2.20. The summed E-state index contributed by atoms with van der Waals surface area (Å²) >= 11 is 0. The number of piperidine rings is 1. The average molecular weight is 350 g/mol. The summed E-state index contributed by atoms with van der Waals surface area (Å²) in [6.45, 7) is 8.52. The Hall–Kier alpha value is -2.11. The van der Waals surface area contributed by atoms with Crippen LogP contribution in [0.2, 0.25) is 0 Å². The van der Waals surface area contributed by atoms with Crippen LogP contribution in [0.25, 0.3) is 0 Å². The van der Waals surface area contributed by atoms with Crippen LogP contribution in [-0.4, -0.2) is 35.6 Å². The third kappa shape index (κ3) is 5.73. The first kappa shape index (κ1) is 19.2. The Morgan fingerprint density at radius 1 is 1.28 bits per heavy atom. The molecule has 0 saturated carbocycles. The van der Waals surface area contributed by atoms with Gasteiger partial charge in [-0.15, -0.1) is 0 Å². The van der Waals surface area contributed by atoms with E-state index in [-0.39, 0.29) is 23.7 Å². The lowest BCUT2D eigenvalue weighted by atomic mass is 9.96. The number of aryl methyl sites for hydroxylation is 1. The van der Waals surface area contributed by atoms with Crippen LogP contribution < -0.4 is 5.32 Å². The standard InChI is InChI=1S/C19H27FN2O3/c1-13-5-6-14(11-16(13)20)12-21-17(23)15-7-9-22(10-8-15)18(24)25-19(2,3)4/h5-6,11,15H,7-10,12H2,1-4H3,(H,21,23). The number of amides is 2. The molecule has 1 heterocycles. The topological polar surface area (TPSA) is 58.6 Å². The molecule has 0 atom stereocenters. The summed E-state index contributed by atoms with van der Waals surface area (Å²) in [5.74, 6) is -0.448. The van der Waals surface area contributed by atoms with Crippen LogP contribution in [0, 0.1) is 18.7 Å². The van der Waals surface area contributed by atoms with Crippen LogP contribution in [0.3, 0.4) is 0 Å². The van der Waals surface area contributed by atoms with Crippen LogP contribution in [0.1, 0.15) is 44.7 Å². The maximum Gasteiger partial charge on any atom is 0.410 e. The SMILES string of the molecule is Cc1ccc(CNC(=O)C2CCN(C(=O)OC(C)(C)C)CC2)cc1F. The molecule has 2 amide bonds. The van der Waals surface area contributed by atoms with Gasteiger partial charge in [-0.1, -0.05) is 12.1 Å². The molecule has 1 aliphatic rings. The fourth-order valence-corrected chi connectivity index (χ4v) is 2.73. The maximum absolute atomic E-state index is 13.5. The fraction of sp³-hybridized carbons (Fsp3) is 0.579. The molecule has 1 aromatic rings. The van der Waals surface area contributed by atoms with E-state index in [1.807, 2.05) is 26.8 Å². The molecular formula is C19H27FN2O3. The molecule has 1 saturated heterocycles. The maximum atomic E-state index is 13.5. The van der Waals surface area contributed by atoms with E-state index in [9.17, 15) is 14.0 Å². The van der Waals surface area contributed by atoms with Gasteiger partial charge in [0.05, 0.1) is 0 Å². The Morgan fingerprint density at radius 2 is 1.92 bits per heavy atom. The van der Waals surface area contributed by atoms with Crippen molar-refractivity contribution in [1.82, 2.24) is 10.2 Å². The van der Waals surface area contributed by atoms with Gasteiger partial charge in [-0.2, -0.15) is 0 Å².